The van der Waals surface area contributed by atoms with E-state index in [4.69, 9.17) is 0 Å². The van der Waals surface area contributed by atoms with Gasteiger partial charge in [-0.05, 0) is 69.0 Å². The van der Waals surface area contributed by atoms with Crippen molar-refractivity contribution in [3.8, 4) is 0 Å². The van der Waals surface area contributed by atoms with Crippen LogP contribution in [0, 0.1) is 19.8 Å². The molecule has 1 aliphatic rings. The minimum Gasteiger partial charge on any atom is -0.308 e. The van der Waals surface area contributed by atoms with Crippen LogP contribution in [0.3, 0.4) is 0 Å². The number of urea groups is 1. The van der Waals surface area contributed by atoms with Crippen LogP contribution in [0.15, 0.2) is 18.2 Å². The van der Waals surface area contributed by atoms with Crippen LogP contribution in [0.2, 0.25) is 0 Å². The van der Waals surface area contributed by atoms with Crippen molar-refractivity contribution in [3.63, 3.8) is 0 Å². The number of benzene rings is 1. The lowest BCUT2D eigenvalue weighted by Gasteiger charge is -2.29. The van der Waals surface area contributed by atoms with Gasteiger partial charge in [0.1, 0.15) is 0 Å². The third-order valence-electron chi connectivity index (χ3n) is 4.26. The Labute approximate surface area is 132 Å². The van der Waals surface area contributed by atoms with Gasteiger partial charge < -0.3 is 5.32 Å². The summed E-state index contributed by atoms with van der Waals surface area (Å²) in [6.45, 7) is 8.37. The van der Waals surface area contributed by atoms with Gasteiger partial charge in [0.2, 0.25) is 5.91 Å². The number of rotatable bonds is 3. The van der Waals surface area contributed by atoms with Gasteiger partial charge in [0.25, 0.3) is 0 Å². The molecule has 3 amide bonds. The summed E-state index contributed by atoms with van der Waals surface area (Å²) in [4.78, 5) is 25.8. The predicted molar refractivity (Wildman–Crippen MR) is 87.9 cm³/mol. The standard InChI is InChI=1S/C17H25N3O2/c1-12-6-8-20(9-7-12)11-16(21)19-17(22)18-15-5-4-13(2)14(3)10-15/h4-5,10,12H,6-9,11H2,1-3H3,(H2,18,19,21,22). The minimum absolute atomic E-state index is 0.254. The highest BCUT2D eigenvalue weighted by Crippen LogP contribution is 2.15. The molecule has 2 N–H and O–H groups in total. The van der Waals surface area contributed by atoms with Crippen LogP contribution >= 0.6 is 0 Å². The molecule has 2 rings (SSSR count). The minimum atomic E-state index is -0.473. The summed E-state index contributed by atoms with van der Waals surface area (Å²) in [6, 6.07) is 5.20. The zero-order valence-corrected chi connectivity index (χ0v) is 13.6. The smallest absolute Gasteiger partial charge is 0.308 e. The largest absolute Gasteiger partial charge is 0.325 e. The summed E-state index contributed by atoms with van der Waals surface area (Å²) in [5.74, 6) is 0.475. The van der Waals surface area contributed by atoms with Crippen LogP contribution < -0.4 is 10.6 Å². The van der Waals surface area contributed by atoms with Gasteiger partial charge in [-0.3, -0.25) is 15.0 Å². The highest BCUT2D eigenvalue weighted by atomic mass is 16.2. The van der Waals surface area contributed by atoms with Crippen molar-refractivity contribution < 1.29 is 9.59 Å². The van der Waals surface area contributed by atoms with E-state index in [1.807, 2.05) is 32.0 Å². The first-order valence-electron chi connectivity index (χ1n) is 7.84. The first-order valence-corrected chi connectivity index (χ1v) is 7.84. The average molecular weight is 303 g/mol. The SMILES string of the molecule is Cc1ccc(NC(=O)NC(=O)CN2CCC(C)CC2)cc1C. The van der Waals surface area contributed by atoms with Crippen LogP contribution in [0.25, 0.3) is 0 Å². The number of hydrogen-bond acceptors (Lipinski definition) is 3. The highest BCUT2D eigenvalue weighted by Gasteiger charge is 2.18. The van der Waals surface area contributed by atoms with Crippen molar-refractivity contribution >= 4 is 17.6 Å². The van der Waals surface area contributed by atoms with E-state index in [1.54, 1.807) is 0 Å². The number of hydrogen-bond donors (Lipinski definition) is 2. The molecule has 0 radical (unpaired) electrons. The van der Waals surface area contributed by atoms with Gasteiger partial charge in [-0.2, -0.15) is 0 Å². The lowest BCUT2D eigenvalue weighted by molar-refractivity contribution is -0.121. The molecule has 22 heavy (non-hydrogen) atoms. The average Bonchev–Trinajstić information content (AvgIpc) is 2.45. The maximum absolute atomic E-state index is 11.9. The summed E-state index contributed by atoms with van der Waals surface area (Å²) >= 11 is 0. The number of amides is 3. The van der Waals surface area contributed by atoms with E-state index in [0.717, 1.165) is 37.4 Å². The molecule has 0 bridgehead atoms. The zero-order chi connectivity index (χ0) is 16.1. The topological polar surface area (TPSA) is 61.4 Å². The van der Waals surface area contributed by atoms with Crippen molar-refractivity contribution in [2.75, 3.05) is 25.0 Å². The first kappa shape index (κ1) is 16.5. The van der Waals surface area contributed by atoms with E-state index in [-0.39, 0.29) is 12.5 Å². The fourth-order valence-electron chi connectivity index (χ4n) is 2.57. The Hall–Kier alpha value is -1.88. The maximum Gasteiger partial charge on any atom is 0.325 e. The molecule has 120 valence electrons. The van der Waals surface area contributed by atoms with Crippen molar-refractivity contribution in [2.45, 2.75) is 33.6 Å². The lowest BCUT2D eigenvalue weighted by atomic mass is 9.99. The Morgan fingerprint density at radius 3 is 2.50 bits per heavy atom. The van der Waals surface area contributed by atoms with E-state index in [9.17, 15) is 9.59 Å². The number of likely N-dealkylation sites (tertiary alicyclic amines) is 1. The maximum atomic E-state index is 11.9. The van der Waals surface area contributed by atoms with Crippen molar-refractivity contribution in [2.24, 2.45) is 5.92 Å². The van der Waals surface area contributed by atoms with Gasteiger partial charge in [-0.1, -0.05) is 13.0 Å². The molecule has 5 heteroatoms. The van der Waals surface area contributed by atoms with Crippen LogP contribution in [0.5, 0.6) is 0 Å². The third-order valence-corrected chi connectivity index (χ3v) is 4.26. The van der Waals surface area contributed by atoms with Crippen molar-refractivity contribution in [3.05, 3.63) is 29.3 Å². The van der Waals surface area contributed by atoms with E-state index >= 15 is 0 Å². The number of imide groups is 1. The Bertz CT molecular complexity index is 549. The molecule has 1 saturated heterocycles. The second kappa shape index (κ2) is 7.40. The molecule has 0 atom stereocenters. The van der Waals surface area contributed by atoms with Gasteiger partial charge in [-0.25, -0.2) is 4.79 Å². The molecule has 1 fully saturated rings. The summed E-state index contributed by atoms with van der Waals surface area (Å²) in [5.41, 5.74) is 2.97. The van der Waals surface area contributed by atoms with Crippen LogP contribution in [0.1, 0.15) is 30.9 Å². The normalized spacial score (nSPS) is 16.3. The van der Waals surface area contributed by atoms with Crippen LogP contribution in [-0.2, 0) is 4.79 Å². The number of carbonyl (C=O) groups is 2. The molecule has 0 aliphatic carbocycles. The number of anilines is 1. The molecule has 0 spiro atoms. The Balaban J connectivity index is 1.78. The second-order valence-electron chi connectivity index (χ2n) is 6.26. The van der Waals surface area contributed by atoms with E-state index in [1.165, 1.54) is 5.56 Å². The molecule has 0 aromatic heterocycles. The summed E-state index contributed by atoms with van der Waals surface area (Å²) in [7, 11) is 0. The van der Waals surface area contributed by atoms with Crippen molar-refractivity contribution in [1.82, 2.24) is 10.2 Å². The molecule has 1 aromatic rings. The van der Waals surface area contributed by atoms with Gasteiger partial charge in [0, 0.05) is 5.69 Å². The molecular formula is C17H25N3O2. The van der Waals surface area contributed by atoms with Gasteiger partial charge in [0.15, 0.2) is 0 Å². The molecule has 1 heterocycles. The first-order chi connectivity index (χ1) is 10.4. The fourth-order valence-corrected chi connectivity index (χ4v) is 2.57. The summed E-state index contributed by atoms with van der Waals surface area (Å²) in [6.07, 6.45) is 2.23. The number of nitrogens with zero attached hydrogens (tertiary/aromatic N) is 1. The third kappa shape index (κ3) is 4.84. The van der Waals surface area contributed by atoms with E-state index < -0.39 is 6.03 Å². The molecule has 5 nitrogen and oxygen atoms in total. The Kier molecular flexibility index (Phi) is 5.55. The molecule has 1 aromatic carbocycles. The zero-order valence-electron chi connectivity index (χ0n) is 13.6. The quantitative estimate of drug-likeness (QED) is 0.902. The number of aryl methyl sites for hydroxylation is 2. The lowest BCUT2D eigenvalue weighted by Crippen LogP contribution is -2.44. The van der Waals surface area contributed by atoms with Crippen LogP contribution in [0.4, 0.5) is 10.5 Å². The molecular weight excluding hydrogens is 278 g/mol. The monoisotopic (exact) mass is 303 g/mol. The molecule has 0 unspecified atom stereocenters. The Morgan fingerprint density at radius 1 is 1.18 bits per heavy atom. The number of piperidine rings is 1. The summed E-state index contributed by atoms with van der Waals surface area (Å²) in [5, 5.41) is 5.09. The second-order valence-corrected chi connectivity index (χ2v) is 6.26. The van der Waals surface area contributed by atoms with Crippen molar-refractivity contribution in [1.29, 1.82) is 0 Å². The molecule has 0 saturated carbocycles. The molecule has 1 aliphatic heterocycles. The van der Waals surface area contributed by atoms with E-state index in [2.05, 4.69) is 22.5 Å². The fraction of sp³-hybridized carbons (Fsp3) is 0.529. The van der Waals surface area contributed by atoms with Crippen LogP contribution in [-0.4, -0.2) is 36.5 Å². The summed E-state index contributed by atoms with van der Waals surface area (Å²) < 4.78 is 0. The van der Waals surface area contributed by atoms with Gasteiger partial charge in [-0.15, -0.1) is 0 Å². The number of nitrogens with one attached hydrogen (secondary N) is 2. The highest BCUT2D eigenvalue weighted by molar-refractivity contribution is 6.01. The van der Waals surface area contributed by atoms with Gasteiger partial charge in [0.05, 0.1) is 6.54 Å². The predicted octanol–water partition coefficient (Wildman–Crippen LogP) is 2.68. The van der Waals surface area contributed by atoms with E-state index in [0.29, 0.717) is 5.69 Å². The van der Waals surface area contributed by atoms with Gasteiger partial charge >= 0.3 is 6.03 Å². The Morgan fingerprint density at radius 2 is 1.86 bits per heavy atom. The number of carbonyl (C=O) groups excluding carboxylic acids is 2.